The summed E-state index contributed by atoms with van der Waals surface area (Å²) in [5, 5.41) is 4.63. The lowest BCUT2D eigenvalue weighted by Gasteiger charge is -2.08. The van der Waals surface area contributed by atoms with Crippen molar-refractivity contribution in [2.45, 2.75) is 6.92 Å². The topological polar surface area (TPSA) is 66.5 Å². The maximum atomic E-state index is 11.8. The average Bonchev–Trinajstić information content (AvgIpc) is 2.98. The summed E-state index contributed by atoms with van der Waals surface area (Å²) in [6, 6.07) is 8.63. The van der Waals surface area contributed by atoms with Gasteiger partial charge in [-0.3, -0.25) is 4.79 Å². The predicted octanol–water partition coefficient (Wildman–Crippen LogP) is 2.83. The van der Waals surface area contributed by atoms with Gasteiger partial charge in [0.25, 0.3) is 5.91 Å². The molecule has 0 fully saturated rings. The van der Waals surface area contributed by atoms with E-state index in [0.717, 1.165) is 5.56 Å². The monoisotopic (exact) mass is 291 g/mol. The second kappa shape index (κ2) is 6.25. The predicted molar refractivity (Wildman–Crippen MR) is 78.5 cm³/mol. The van der Waals surface area contributed by atoms with Crippen LogP contribution in [0.15, 0.2) is 41.6 Å². The Balaban J connectivity index is 2.18. The van der Waals surface area contributed by atoms with Crippen LogP contribution in [0.5, 0.6) is 5.75 Å². The first-order valence-electron chi connectivity index (χ1n) is 5.93. The molecule has 1 amide bonds. The third kappa shape index (κ3) is 3.19. The molecule has 0 atom stereocenters. The zero-order chi connectivity index (χ0) is 14.5. The molecule has 5 nitrogen and oxygen atoms in total. The van der Waals surface area contributed by atoms with Gasteiger partial charge in [-0.1, -0.05) is 11.6 Å². The fourth-order valence-electron chi connectivity index (χ4n) is 1.69. The van der Waals surface area contributed by atoms with E-state index in [1.54, 1.807) is 50.6 Å². The molecule has 0 spiro atoms. The van der Waals surface area contributed by atoms with Crippen molar-refractivity contribution in [3.63, 3.8) is 0 Å². The molecular weight excluding hydrogens is 278 g/mol. The minimum absolute atomic E-state index is 0.310. The molecule has 0 saturated heterocycles. The Morgan fingerprint density at radius 3 is 2.85 bits per heavy atom. The Bertz CT molecular complexity index is 636. The van der Waals surface area contributed by atoms with Crippen molar-refractivity contribution in [2.75, 3.05) is 7.11 Å². The van der Waals surface area contributed by atoms with E-state index in [1.165, 1.54) is 0 Å². The number of aromatic nitrogens is 1. The Labute approximate surface area is 121 Å². The molecule has 1 heterocycles. The number of carbonyl (C=O) groups is 1. The van der Waals surface area contributed by atoms with Crippen LogP contribution in [-0.2, 0) is 0 Å². The number of aromatic amines is 1. The summed E-state index contributed by atoms with van der Waals surface area (Å²) in [5.41, 5.74) is 4.25. The number of hydrazone groups is 1. The molecule has 0 aliphatic rings. The number of methoxy groups -OCH3 is 1. The standard InChI is InChI=1S/C14H14ClN3O2/c1-9(11-8-10(15)5-6-13(11)20-2)17-18-14(19)12-4-3-7-16-12/h3-8,16H,1-2H3,(H,18,19)/b17-9-. The highest BCUT2D eigenvalue weighted by Gasteiger charge is 2.09. The number of hydrogen-bond donors (Lipinski definition) is 2. The third-order valence-electron chi connectivity index (χ3n) is 2.72. The van der Waals surface area contributed by atoms with E-state index < -0.39 is 0 Å². The second-order valence-electron chi connectivity index (χ2n) is 4.07. The first-order chi connectivity index (χ1) is 9.61. The van der Waals surface area contributed by atoms with E-state index in [-0.39, 0.29) is 5.91 Å². The number of benzene rings is 1. The van der Waals surface area contributed by atoms with Gasteiger partial charge in [0.1, 0.15) is 11.4 Å². The highest BCUT2D eigenvalue weighted by Crippen LogP contribution is 2.23. The molecule has 2 rings (SSSR count). The van der Waals surface area contributed by atoms with Crippen molar-refractivity contribution in [3.05, 3.63) is 52.8 Å². The smallest absolute Gasteiger partial charge is 0.287 e. The highest BCUT2D eigenvalue weighted by atomic mass is 35.5. The summed E-state index contributed by atoms with van der Waals surface area (Å²) in [7, 11) is 1.57. The van der Waals surface area contributed by atoms with Gasteiger partial charge in [-0.15, -0.1) is 0 Å². The van der Waals surface area contributed by atoms with E-state index in [0.29, 0.717) is 22.2 Å². The SMILES string of the molecule is COc1ccc(Cl)cc1/C(C)=N\NC(=O)c1ccc[nH]1. The van der Waals surface area contributed by atoms with E-state index in [2.05, 4.69) is 15.5 Å². The molecule has 0 radical (unpaired) electrons. The quantitative estimate of drug-likeness (QED) is 0.672. The number of nitrogens with zero attached hydrogens (tertiary/aromatic N) is 1. The molecule has 0 aliphatic heterocycles. The van der Waals surface area contributed by atoms with E-state index in [9.17, 15) is 4.79 Å². The van der Waals surface area contributed by atoms with Crippen LogP contribution in [0, 0.1) is 0 Å². The van der Waals surface area contributed by atoms with Gasteiger partial charge in [0.15, 0.2) is 0 Å². The fraction of sp³-hybridized carbons (Fsp3) is 0.143. The Hall–Kier alpha value is -2.27. The maximum Gasteiger partial charge on any atom is 0.287 e. The van der Waals surface area contributed by atoms with Crippen LogP contribution in [0.4, 0.5) is 0 Å². The summed E-state index contributed by atoms with van der Waals surface area (Å²) in [6.07, 6.45) is 1.67. The molecule has 2 aromatic rings. The maximum absolute atomic E-state index is 11.8. The van der Waals surface area contributed by atoms with Crippen LogP contribution in [0.2, 0.25) is 5.02 Å². The van der Waals surface area contributed by atoms with Gasteiger partial charge in [-0.05, 0) is 37.3 Å². The van der Waals surface area contributed by atoms with Gasteiger partial charge in [0.05, 0.1) is 12.8 Å². The van der Waals surface area contributed by atoms with Crippen LogP contribution in [-0.4, -0.2) is 23.7 Å². The molecular formula is C14H14ClN3O2. The summed E-state index contributed by atoms with van der Waals surface area (Å²) in [4.78, 5) is 14.6. The molecule has 6 heteroatoms. The number of rotatable bonds is 4. The second-order valence-corrected chi connectivity index (χ2v) is 4.50. The summed E-state index contributed by atoms with van der Waals surface area (Å²) in [5.74, 6) is 0.333. The number of hydrogen-bond acceptors (Lipinski definition) is 3. The minimum atomic E-state index is -0.310. The number of amides is 1. The van der Waals surface area contributed by atoms with Gasteiger partial charge in [0.2, 0.25) is 0 Å². The minimum Gasteiger partial charge on any atom is -0.496 e. The number of H-pyrrole nitrogens is 1. The van der Waals surface area contributed by atoms with Crippen molar-refractivity contribution in [2.24, 2.45) is 5.10 Å². The van der Waals surface area contributed by atoms with Crippen LogP contribution in [0.1, 0.15) is 23.0 Å². The lowest BCUT2D eigenvalue weighted by molar-refractivity contribution is 0.0950. The summed E-state index contributed by atoms with van der Waals surface area (Å²) < 4.78 is 5.24. The van der Waals surface area contributed by atoms with Crippen LogP contribution >= 0.6 is 11.6 Å². The lowest BCUT2D eigenvalue weighted by atomic mass is 10.1. The normalized spacial score (nSPS) is 11.2. The summed E-state index contributed by atoms with van der Waals surface area (Å²) in [6.45, 7) is 1.77. The summed E-state index contributed by atoms with van der Waals surface area (Å²) >= 11 is 5.96. The van der Waals surface area contributed by atoms with Crippen molar-refractivity contribution in [3.8, 4) is 5.75 Å². The van der Waals surface area contributed by atoms with Crippen molar-refractivity contribution >= 4 is 23.2 Å². The molecule has 0 unspecified atom stereocenters. The van der Waals surface area contributed by atoms with Crippen molar-refractivity contribution < 1.29 is 9.53 Å². The number of carbonyl (C=O) groups excluding carboxylic acids is 1. The average molecular weight is 292 g/mol. The van der Waals surface area contributed by atoms with Crippen LogP contribution in [0.25, 0.3) is 0 Å². The molecule has 1 aromatic heterocycles. The first kappa shape index (κ1) is 14.1. The largest absolute Gasteiger partial charge is 0.496 e. The van der Waals surface area contributed by atoms with E-state index in [4.69, 9.17) is 16.3 Å². The number of nitrogens with one attached hydrogen (secondary N) is 2. The zero-order valence-electron chi connectivity index (χ0n) is 11.1. The van der Waals surface area contributed by atoms with E-state index in [1.807, 2.05) is 0 Å². The van der Waals surface area contributed by atoms with E-state index >= 15 is 0 Å². The van der Waals surface area contributed by atoms with Crippen molar-refractivity contribution in [1.29, 1.82) is 0 Å². The molecule has 0 aliphatic carbocycles. The molecule has 2 N–H and O–H groups in total. The van der Waals surface area contributed by atoms with Gasteiger partial charge in [0, 0.05) is 16.8 Å². The molecule has 0 saturated carbocycles. The fourth-order valence-corrected chi connectivity index (χ4v) is 1.86. The van der Waals surface area contributed by atoms with Gasteiger partial charge >= 0.3 is 0 Å². The van der Waals surface area contributed by atoms with Gasteiger partial charge < -0.3 is 9.72 Å². The Kier molecular flexibility index (Phi) is 4.42. The molecule has 0 bridgehead atoms. The first-order valence-corrected chi connectivity index (χ1v) is 6.31. The molecule has 104 valence electrons. The number of halogens is 1. The zero-order valence-corrected chi connectivity index (χ0v) is 11.9. The molecule has 1 aromatic carbocycles. The van der Waals surface area contributed by atoms with Gasteiger partial charge in [-0.25, -0.2) is 5.43 Å². The van der Waals surface area contributed by atoms with Crippen LogP contribution in [0.3, 0.4) is 0 Å². The Morgan fingerprint density at radius 1 is 1.40 bits per heavy atom. The van der Waals surface area contributed by atoms with Crippen LogP contribution < -0.4 is 10.2 Å². The molecule has 20 heavy (non-hydrogen) atoms. The lowest BCUT2D eigenvalue weighted by Crippen LogP contribution is -2.19. The Morgan fingerprint density at radius 2 is 2.20 bits per heavy atom. The number of ether oxygens (including phenoxy) is 1. The highest BCUT2D eigenvalue weighted by molar-refractivity contribution is 6.31. The third-order valence-corrected chi connectivity index (χ3v) is 2.95. The van der Waals surface area contributed by atoms with Crippen molar-refractivity contribution in [1.82, 2.24) is 10.4 Å². The van der Waals surface area contributed by atoms with Gasteiger partial charge in [-0.2, -0.15) is 5.10 Å².